The molecule has 0 aliphatic rings. The summed E-state index contributed by atoms with van der Waals surface area (Å²) in [6.07, 6.45) is 0. The van der Waals surface area contributed by atoms with Gasteiger partial charge in [0.05, 0.1) is 20.5 Å². The quantitative estimate of drug-likeness (QED) is 0.670. The molecule has 0 saturated carbocycles. The summed E-state index contributed by atoms with van der Waals surface area (Å²) in [6, 6.07) is 2.22. The minimum Gasteiger partial charge on any atom is -0.347 e. The van der Waals surface area contributed by atoms with Gasteiger partial charge >= 0.3 is 0 Å². The molecule has 1 aromatic rings. The molecule has 98 valence electrons. The van der Waals surface area contributed by atoms with Crippen LogP contribution in [0, 0.1) is 10.1 Å². The lowest BCUT2D eigenvalue weighted by molar-refractivity contribution is -0.384. The van der Waals surface area contributed by atoms with E-state index in [0.717, 1.165) is 12.1 Å². The molecule has 5 nitrogen and oxygen atoms in total. The average Bonchev–Trinajstić information content (AvgIpc) is 2.18. The highest BCUT2D eigenvalue weighted by atomic mass is 35.5. The molecule has 0 aliphatic heterocycles. The third-order valence-electron chi connectivity index (χ3n) is 1.96. The SMILES string of the molecule is CC(C)(C)NC(=O)c1cc([N+](=O)[O-])cc(Cl)c1Cl. The molecular formula is C11H12Cl2N2O3. The molecule has 0 spiro atoms. The number of rotatable bonds is 2. The number of amides is 1. The van der Waals surface area contributed by atoms with Crippen LogP contribution in [-0.2, 0) is 0 Å². The van der Waals surface area contributed by atoms with Crippen LogP contribution in [0.3, 0.4) is 0 Å². The van der Waals surface area contributed by atoms with Gasteiger partial charge in [-0.3, -0.25) is 14.9 Å². The molecule has 0 radical (unpaired) electrons. The third kappa shape index (κ3) is 3.58. The van der Waals surface area contributed by atoms with Crippen LogP contribution in [0.2, 0.25) is 10.0 Å². The van der Waals surface area contributed by atoms with Crippen LogP contribution in [0.5, 0.6) is 0 Å². The van der Waals surface area contributed by atoms with Crippen molar-refractivity contribution in [3.05, 3.63) is 37.9 Å². The lowest BCUT2D eigenvalue weighted by atomic mass is 10.1. The zero-order chi connectivity index (χ0) is 14.1. The molecule has 1 rings (SSSR count). The summed E-state index contributed by atoms with van der Waals surface area (Å²) < 4.78 is 0. The number of hydrogen-bond donors (Lipinski definition) is 1. The summed E-state index contributed by atoms with van der Waals surface area (Å²) in [5.74, 6) is -0.502. The van der Waals surface area contributed by atoms with Crippen LogP contribution in [0.1, 0.15) is 31.1 Å². The van der Waals surface area contributed by atoms with Crippen molar-refractivity contribution in [3.63, 3.8) is 0 Å². The zero-order valence-electron chi connectivity index (χ0n) is 10.1. The first kappa shape index (κ1) is 14.7. The second kappa shape index (κ2) is 5.12. The standard InChI is InChI=1S/C11H12Cl2N2O3/c1-11(2,3)14-10(16)7-4-6(15(17)18)5-8(12)9(7)13/h4-5H,1-3H3,(H,14,16). The van der Waals surface area contributed by atoms with E-state index in [-0.39, 0.29) is 21.3 Å². The Kier molecular flexibility index (Phi) is 4.19. The van der Waals surface area contributed by atoms with Crippen molar-refractivity contribution in [2.45, 2.75) is 26.3 Å². The Morgan fingerprint density at radius 3 is 2.33 bits per heavy atom. The Morgan fingerprint density at radius 1 is 1.33 bits per heavy atom. The fourth-order valence-electron chi connectivity index (χ4n) is 1.25. The number of non-ortho nitro benzene ring substituents is 1. The summed E-state index contributed by atoms with van der Waals surface area (Å²) in [5.41, 5.74) is -0.758. The first-order valence-electron chi connectivity index (χ1n) is 5.08. The predicted molar refractivity (Wildman–Crippen MR) is 70.3 cm³/mol. The van der Waals surface area contributed by atoms with Crippen molar-refractivity contribution in [3.8, 4) is 0 Å². The summed E-state index contributed by atoms with van der Waals surface area (Å²) in [4.78, 5) is 22.0. The van der Waals surface area contributed by atoms with Gasteiger partial charge in [-0.05, 0) is 20.8 Å². The Bertz CT molecular complexity index is 510. The molecule has 0 atom stereocenters. The molecule has 1 amide bonds. The second-order valence-corrected chi connectivity index (χ2v) is 5.54. The fraction of sp³-hybridized carbons (Fsp3) is 0.364. The number of halogens is 2. The smallest absolute Gasteiger partial charge is 0.271 e. The minimum absolute atomic E-state index is 0.00372. The van der Waals surface area contributed by atoms with Crippen LogP contribution in [0.15, 0.2) is 12.1 Å². The van der Waals surface area contributed by atoms with Crippen molar-refractivity contribution >= 4 is 34.8 Å². The Morgan fingerprint density at radius 2 is 1.89 bits per heavy atom. The highest BCUT2D eigenvalue weighted by Gasteiger charge is 2.22. The Hall–Kier alpha value is -1.33. The summed E-state index contributed by atoms with van der Waals surface area (Å²) in [7, 11) is 0. The molecule has 0 aliphatic carbocycles. The van der Waals surface area contributed by atoms with Gasteiger partial charge in [0.25, 0.3) is 11.6 Å². The van der Waals surface area contributed by atoms with Crippen molar-refractivity contribution in [2.75, 3.05) is 0 Å². The largest absolute Gasteiger partial charge is 0.347 e. The maximum absolute atomic E-state index is 11.9. The molecule has 0 unspecified atom stereocenters. The summed E-state index contributed by atoms with van der Waals surface area (Å²) >= 11 is 11.6. The van der Waals surface area contributed by atoms with E-state index < -0.39 is 16.4 Å². The van der Waals surface area contributed by atoms with E-state index in [2.05, 4.69) is 5.32 Å². The molecule has 1 aromatic carbocycles. The van der Waals surface area contributed by atoms with Gasteiger partial charge < -0.3 is 5.32 Å². The molecule has 7 heteroatoms. The molecule has 0 aromatic heterocycles. The monoisotopic (exact) mass is 290 g/mol. The minimum atomic E-state index is -0.629. The van der Waals surface area contributed by atoms with Gasteiger partial charge in [-0.2, -0.15) is 0 Å². The van der Waals surface area contributed by atoms with E-state index in [0.29, 0.717) is 0 Å². The van der Waals surface area contributed by atoms with Crippen LogP contribution in [0.25, 0.3) is 0 Å². The zero-order valence-corrected chi connectivity index (χ0v) is 11.6. The average molecular weight is 291 g/mol. The molecule has 0 heterocycles. The molecule has 1 N–H and O–H groups in total. The normalized spacial score (nSPS) is 11.2. The van der Waals surface area contributed by atoms with Crippen molar-refractivity contribution in [1.82, 2.24) is 5.32 Å². The van der Waals surface area contributed by atoms with Gasteiger partial charge in [-0.25, -0.2) is 0 Å². The predicted octanol–water partition coefficient (Wildman–Crippen LogP) is 3.43. The van der Waals surface area contributed by atoms with E-state index in [1.165, 1.54) is 0 Å². The topological polar surface area (TPSA) is 72.2 Å². The van der Waals surface area contributed by atoms with Crippen molar-refractivity contribution in [2.24, 2.45) is 0 Å². The maximum Gasteiger partial charge on any atom is 0.271 e. The van der Waals surface area contributed by atoms with Gasteiger partial charge in [0.1, 0.15) is 0 Å². The van der Waals surface area contributed by atoms with Gasteiger partial charge in [0.2, 0.25) is 0 Å². The number of hydrogen-bond acceptors (Lipinski definition) is 3. The van der Waals surface area contributed by atoms with Crippen LogP contribution in [0.4, 0.5) is 5.69 Å². The molecule has 0 bridgehead atoms. The number of nitrogens with one attached hydrogen (secondary N) is 1. The highest BCUT2D eigenvalue weighted by Crippen LogP contribution is 2.31. The summed E-state index contributed by atoms with van der Waals surface area (Å²) in [5, 5.41) is 13.3. The number of nitrogens with zero attached hydrogens (tertiary/aromatic N) is 1. The van der Waals surface area contributed by atoms with E-state index >= 15 is 0 Å². The molecule has 0 saturated heterocycles. The van der Waals surface area contributed by atoms with Crippen LogP contribution < -0.4 is 5.32 Å². The molecule has 0 fully saturated rings. The van der Waals surface area contributed by atoms with Crippen molar-refractivity contribution in [1.29, 1.82) is 0 Å². The van der Waals surface area contributed by atoms with E-state index in [1.54, 1.807) is 20.8 Å². The second-order valence-electron chi connectivity index (χ2n) is 4.75. The third-order valence-corrected chi connectivity index (χ3v) is 2.76. The molecular weight excluding hydrogens is 279 g/mol. The van der Waals surface area contributed by atoms with Gasteiger partial charge in [0.15, 0.2) is 0 Å². The number of nitro groups is 1. The lowest BCUT2D eigenvalue weighted by Gasteiger charge is -2.20. The molecule has 18 heavy (non-hydrogen) atoms. The van der Waals surface area contributed by atoms with Crippen LogP contribution >= 0.6 is 23.2 Å². The maximum atomic E-state index is 11.9. The van der Waals surface area contributed by atoms with E-state index in [4.69, 9.17) is 23.2 Å². The lowest BCUT2D eigenvalue weighted by Crippen LogP contribution is -2.40. The van der Waals surface area contributed by atoms with Crippen molar-refractivity contribution < 1.29 is 9.72 Å². The first-order chi connectivity index (χ1) is 8.11. The number of carbonyl (C=O) groups is 1. The van der Waals surface area contributed by atoms with Crippen LogP contribution in [-0.4, -0.2) is 16.4 Å². The Balaban J connectivity index is 3.23. The van der Waals surface area contributed by atoms with Gasteiger partial charge in [-0.15, -0.1) is 0 Å². The number of carbonyl (C=O) groups excluding carboxylic acids is 1. The fourth-order valence-corrected chi connectivity index (χ4v) is 1.66. The van der Waals surface area contributed by atoms with E-state index in [1.807, 2.05) is 0 Å². The Labute approximate surface area is 114 Å². The number of nitro benzene ring substituents is 1. The highest BCUT2D eigenvalue weighted by molar-refractivity contribution is 6.44. The van der Waals surface area contributed by atoms with Gasteiger partial charge in [0, 0.05) is 17.7 Å². The first-order valence-corrected chi connectivity index (χ1v) is 5.83. The number of benzene rings is 1. The van der Waals surface area contributed by atoms with E-state index in [9.17, 15) is 14.9 Å². The summed E-state index contributed by atoms with van der Waals surface area (Å²) in [6.45, 7) is 5.37. The van der Waals surface area contributed by atoms with Gasteiger partial charge in [-0.1, -0.05) is 23.2 Å².